The number of hydrogen-bond acceptors (Lipinski definition) is 3. The second-order valence-electron chi connectivity index (χ2n) is 6.14. The van der Waals surface area contributed by atoms with Crippen molar-refractivity contribution in [1.82, 2.24) is 9.78 Å². The molecule has 6 heteroatoms. The summed E-state index contributed by atoms with van der Waals surface area (Å²) in [7, 11) is 0. The number of benzene rings is 2. The van der Waals surface area contributed by atoms with Gasteiger partial charge in [-0.2, -0.15) is 5.10 Å². The Hall–Kier alpha value is -2.79. The van der Waals surface area contributed by atoms with E-state index in [2.05, 4.69) is 10.4 Å². The normalized spacial score (nSPS) is 10.6. The van der Waals surface area contributed by atoms with Crippen molar-refractivity contribution in [3.05, 3.63) is 76.1 Å². The molecule has 0 spiro atoms. The molecule has 1 N–H and O–H groups in total. The number of carbonyl (C=O) groups excluding carboxylic acids is 1. The van der Waals surface area contributed by atoms with Crippen LogP contribution in [0.4, 0.5) is 5.69 Å². The lowest BCUT2D eigenvalue weighted by Crippen LogP contribution is -2.15. The van der Waals surface area contributed by atoms with Crippen LogP contribution in [0.25, 0.3) is 0 Å². The van der Waals surface area contributed by atoms with Crippen molar-refractivity contribution in [3.8, 4) is 5.75 Å². The van der Waals surface area contributed by atoms with Crippen LogP contribution >= 0.6 is 11.6 Å². The average Bonchev–Trinajstić information content (AvgIpc) is 3.06. The van der Waals surface area contributed by atoms with Crippen LogP contribution in [0.2, 0.25) is 5.02 Å². The summed E-state index contributed by atoms with van der Waals surface area (Å²) < 4.78 is 7.31. The van der Waals surface area contributed by atoms with E-state index in [1.807, 2.05) is 51.1 Å². The lowest BCUT2D eigenvalue weighted by molar-refractivity contribution is 0.102. The molecule has 0 bridgehead atoms. The van der Waals surface area contributed by atoms with E-state index in [0.717, 1.165) is 28.1 Å². The Bertz CT molecular complexity index is 930. The highest BCUT2D eigenvalue weighted by molar-refractivity contribution is 6.30. The van der Waals surface area contributed by atoms with Gasteiger partial charge in [-0.3, -0.25) is 4.79 Å². The van der Waals surface area contributed by atoms with Gasteiger partial charge in [0.15, 0.2) is 12.4 Å². The Balaban J connectivity index is 1.66. The molecule has 1 amide bonds. The number of hydrogen-bond donors (Lipinski definition) is 1. The van der Waals surface area contributed by atoms with Crippen LogP contribution in [-0.2, 0) is 6.73 Å². The molecule has 134 valence electrons. The van der Waals surface area contributed by atoms with Crippen molar-refractivity contribution in [1.29, 1.82) is 0 Å². The van der Waals surface area contributed by atoms with Crippen LogP contribution in [-0.4, -0.2) is 15.7 Å². The molecule has 0 saturated carbocycles. The third-order valence-corrected chi connectivity index (χ3v) is 4.32. The van der Waals surface area contributed by atoms with Gasteiger partial charge in [-0.1, -0.05) is 29.8 Å². The standard InChI is InChI=1S/C20H20ClN3O2/c1-13-5-4-6-14(2)19(13)22-20(25)17-9-10-24(23-17)12-26-18-8-7-16(21)11-15(18)3/h4-11H,12H2,1-3H3,(H,22,25). The topological polar surface area (TPSA) is 56.1 Å². The lowest BCUT2D eigenvalue weighted by Gasteiger charge is -2.10. The monoisotopic (exact) mass is 369 g/mol. The maximum absolute atomic E-state index is 12.5. The van der Waals surface area contributed by atoms with Gasteiger partial charge >= 0.3 is 0 Å². The number of para-hydroxylation sites is 1. The van der Waals surface area contributed by atoms with Gasteiger partial charge in [0.1, 0.15) is 5.75 Å². The maximum Gasteiger partial charge on any atom is 0.276 e. The first-order valence-corrected chi connectivity index (χ1v) is 8.62. The zero-order chi connectivity index (χ0) is 18.7. The van der Waals surface area contributed by atoms with E-state index in [1.54, 1.807) is 23.0 Å². The molecule has 1 aromatic heterocycles. The quantitative estimate of drug-likeness (QED) is 0.706. The summed E-state index contributed by atoms with van der Waals surface area (Å²) >= 11 is 5.94. The summed E-state index contributed by atoms with van der Waals surface area (Å²) in [5.74, 6) is 0.482. The highest BCUT2D eigenvalue weighted by atomic mass is 35.5. The fourth-order valence-corrected chi connectivity index (χ4v) is 2.88. The molecule has 0 unspecified atom stereocenters. The van der Waals surface area contributed by atoms with Gasteiger partial charge in [-0.15, -0.1) is 0 Å². The highest BCUT2D eigenvalue weighted by Crippen LogP contribution is 2.22. The molecular formula is C20H20ClN3O2. The summed E-state index contributed by atoms with van der Waals surface area (Å²) in [5.41, 5.74) is 4.13. The molecule has 0 saturated heterocycles. The zero-order valence-electron chi connectivity index (χ0n) is 14.9. The van der Waals surface area contributed by atoms with Crippen molar-refractivity contribution in [3.63, 3.8) is 0 Å². The number of halogens is 1. The predicted octanol–water partition coefficient (Wildman–Crippen LogP) is 4.75. The predicted molar refractivity (Wildman–Crippen MR) is 103 cm³/mol. The number of aryl methyl sites for hydroxylation is 3. The number of nitrogens with zero attached hydrogens (tertiary/aromatic N) is 2. The molecule has 0 fully saturated rings. The van der Waals surface area contributed by atoms with Gasteiger partial charge < -0.3 is 10.1 Å². The van der Waals surface area contributed by atoms with Crippen molar-refractivity contribution in [2.75, 3.05) is 5.32 Å². The molecule has 0 aliphatic rings. The Morgan fingerprint density at radius 3 is 2.54 bits per heavy atom. The molecule has 3 aromatic rings. The largest absolute Gasteiger partial charge is 0.471 e. The van der Waals surface area contributed by atoms with Gasteiger partial charge in [0.05, 0.1) is 0 Å². The van der Waals surface area contributed by atoms with Crippen LogP contribution in [0.15, 0.2) is 48.7 Å². The van der Waals surface area contributed by atoms with E-state index in [1.165, 1.54) is 0 Å². The Labute approximate surface area is 157 Å². The van der Waals surface area contributed by atoms with E-state index < -0.39 is 0 Å². The number of rotatable bonds is 5. The Morgan fingerprint density at radius 2 is 1.85 bits per heavy atom. The van der Waals surface area contributed by atoms with Gasteiger partial charge in [0.25, 0.3) is 5.91 Å². The van der Waals surface area contributed by atoms with Crippen LogP contribution < -0.4 is 10.1 Å². The fourth-order valence-electron chi connectivity index (χ4n) is 2.65. The summed E-state index contributed by atoms with van der Waals surface area (Å²) in [6.07, 6.45) is 1.71. The molecule has 2 aromatic carbocycles. The smallest absolute Gasteiger partial charge is 0.276 e. The van der Waals surface area contributed by atoms with Gasteiger partial charge in [0.2, 0.25) is 0 Å². The molecule has 1 heterocycles. The Morgan fingerprint density at radius 1 is 1.12 bits per heavy atom. The second kappa shape index (κ2) is 7.62. The van der Waals surface area contributed by atoms with Gasteiger partial charge in [0, 0.05) is 16.9 Å². The van der Waals surface area contributed by atoms with Crippen molar-refractivity contribution < 1.29 is 9.53 Å². The molecule has 0 radical (unpaired) electrons. The molecule has 5 nitrogen and oxygen atoms in total. The van der Waals surface area contributed by atoms with Gasteiger partial charge in [-0.25, -0.2) is 4.68 Å². The minimum absolute atomic E-state index is 0.207. The number of carbonyl (C=O) groups is 1. The fraction of sp³-hybridized carbons (Fsp3) is 0.200. The average molecular weight is 370 g/mol. The first kappa shape index (κ1) is 18.0. The van der Waals surface area contributed by atoms with Crippen LogP contribution in [0.5, 0.6) is 5.75 Å². The van der Waals surface area contributed by atoms with Crippen molar-refractivity contribution in [2.24, 2.45) is 0 Å². The minimum atomic E-state index is -0.246. The van der Waals surface area contributed by atoms with E-state index in [0.29, 0.717) is 10.7 Å². The highest BCUT2D eigenvalue weighted by Gasteiger charge is 2.12. The Kier molecular flexibility index (Phi) is 5.28. The maximum atomic E-state index is 12.5. The third kappa shape index (κ3) is 4.06. The molecular weight excluding hydrogens is 350 g/mol. The van der Waals surface area contributed by atoms with Crippen LogP contribution in [0.3, 0.4) is 0 Å². The summed E-state index contributed by atoms with van der Waals surface area (Å²) in [4.78, 5) is 12.5. The van der Waals surface area contributed by atoms with E-state index in [4.69, 9.17) is 16.3 Å². The summed E-state index contributed by atoms with van der Waals surface area (Å²) in [5, 5.41) is 7.87. The number of aromatic nitrogens is 2. The SMILES string of the molecule is Cc1cc(Cl)ccc1OCn1ccc(C(=O)Nc2c(C)cccc2C)n1. The first-order valence-electron chi connectivity index (χ1n) is 8.24. The van der Waals surface area contributed by atoms with Gasteiger partial charge in [-0.05, 0) is 61.7 Å². The van der Waals surface area contributed by atoms with Crippen molar-refractivity contribution in [2.45, 2.75) is 27.5 Å². The molecule has 0 aliphatic carbocycles. The minimum Gasteiger partial charge on any atom is -0.471 e. The van der Waals surface area contributed by atoms with E-state index >= 15 is 0 Å². The summed E-state index contributed by atoms with van der Waals surface area (Å²) in [6.45, 7) is 6.06. The number of nitrogens with one attached hydrogen (secondary N) is 1. The third-order valence-electron chi connectivity index (χ3n) is 4.08. The number of anilines is 1. The second-order valence-corrected chi connectivity index (χ2v) is 6.58. The number of ether oxygens (including phenoxy) is 1. The van der Waals surface area contributed by atoms with E-state index in [9.17, 15) is 4.79 Å². The van der Waals surface area contributed by atoms with E-state index in [-0.39, 0.29) is 12.6 Å². The first-order chi connectivity index (χ1) is 12.4. The molecule has 3 rings (SSSR count). The lowest BCUT2D eigenvalue weighted by atomic mass is 10.1. The molecule has 0 atom stereocenters. The zero-order valence-corrected chi connectivity index (χ0v) is 15.7. The molecule has 0 aliphatic heterocycles. The van der Waals surface area contributed by atoms with Crippen LogP contribution in [0.1, 0.15) is 27.2 Å². The summed E-state index contributed by atoms with van der Waals surface area (Å²) in [6, 6.07) is 13.0. The van der Waals surface area contributed by atoms with Crippen molar-refractivity contribution >= 4 is 23.2 Å². The van der Waals surface area contributed by atoms with Crippen LogP contribution in [0, 0.1) is 20.8 Å². The number of amides is 1. The molecule has 26 heavy (non-hydrogen) atoms.